The molecular formula is C27H32O5. The summed E-state index contributed by atoms with van der Waals surface area (Å²) >= 11 is 0. The van der Waals surface area contributed by atoms with Gasteiger partial charge in [0.05, 0.1) is 11.0 Å². The first-order valence-electron chi connectivity index (χ1n) is 11.6. The smallest absolute Gasteiger partial charge is 0.338 e. The van der Waals surface area contributed by atoms with Gasteiger partial charge in [0, 0.05) is 5.92 Å². The number of hydrogen-bond acceptors (Lipinski definition) is 5. The first-order chi connectivity index (χ1) is 15.0. The lowest BCUT2D eigenvalue weighted by molar-refractivity contribution is -0.189. The molecule has 1 aromatic carbocycles. The van der Waals surface area contributed by atoms with Crippen LogP contribution in [-0.2, 0) is 9.53 Å². The van der Waals surface area contributed by atoms with Gasteiger partial charge in [-0.2, -0.15) is 0 Å². The molecule has 170 valence electrons. The lowest BCUT2D eigenvalue weighted by atomic mass is 9.59. The number of hydrogen-bond donors (Lipinski definition) is 2. The van der Waals surface area contributed by atoms with E-state index in [2.05, 4.69) is 13.8 Å². The van der Waals surface area contributed by atoms with Crippen molar-refractivity contribution in [1.82, 2.24) is 0 Å². The molecule has 0 heterocycles. The van der Waals surface area contributed by atoms with Crippen LogP contribution in [0.2, 0.25) is 0 Å². The highest BCUT2D eigenvalue weighted by Gasteiger charge is 2.76. The molecule has 4 aliphatic rings. The van der Waals surface area contributed by atoms with E-state index in [1.807, 2.05) is 19.1 Å². The minimum Gasteiger partial charge on any atom is -0.451 e. The molecule has 1 spiro atoms. The third-order valence-corrected chi connectivity index (χ3v) is 9.08. The van der Waals surface area contributed by atoms with Crippen LogP contribution in [0.3, 0.4) is 0 Å². The van der Waals surface area contributed by atoms with Crippen molar-refractivity contribution in [3.05, 3.63) is 59.2 Å². The second-order valence-electron chi connectivity index (χ2n) is 11.0. The average Bonchev–Trinajstić information content (AvgIpc) is 3.26. The Morgan fingerprint density at radius 1 is 1.12 bits per heavy atom. The van der Waals surface area contributed by atoms with E-state index in [-0.39, 0.29) is 29.0 Å². The lowest BCUT2D eigenvalue weighted by Gasteiger charge is -2.49. The molecule has 2 fully saturated rings. The number of aliphatic hydroxyl groups is 2. The Labute approximate surface area is 189 Å². The summed E-state index contributed by atoms with van der Waals surface area (Å²) in [7, 11) is 0. The number of benzene rings is 1. The predicted octanol–water partition coefficient (Wildman–Crippen LogP) is 3.71. The van der Waals surface area contributed by atoms with Gasteiger partial charge in [-0.3, -0.25) is 4.79 Å². The van der Waals surface area contributed by atoms with E-state index in [0.717, 1.165) is 6.42 Å². The maximum Gasteiger partial charge on any atom is 0.338 e. The topological polar surface area (TPSA) is 83.8 Å². The Morgan fingerprint density at radius 3 is 2.44 bits per heavy atom. The zero-order chi connectivity index (χ0) is 23.2. The number of carbonyl (C=O) groups is 2. The van der Waals surface area contributed by atoms with Crippen molar-refractivity contribution in [3.63, 3.8) is 0 Å². The summed E-state index contributed by atoms with van der Waals surface area (Å²) in [6, 6.07) is 8.61. The van der Waals surface area contributed by atoms with Gasteiger partial charge >= 0.3 is 5.97 Å². The van der Waals surface area contributed by atoms with Crippen molar-refractivity contribution in [3.8, 4) is 0 Å². The Bertz CT molecular complexity index is 1050. The fraction of sp³-hybridized carbons (Fsp3) is 0.556. The Hall–Kier alpha value is -2.24. The van der Waals surface area contributed by atoms with Crippen LogP contribution in [-0.4, -0.2) is 39.8 Å². The zero-order valence-corrected chi connectivity index (χ0v) is 19.3. The minimum atomic E-state index is -1.95. The van der Waals surface area contributed by atoms with Gasteiger partial charge in [0.25, 0.3) is 0 Å². The standard InChI is InChI=1S/C27H32O5/c1-14-11-18-20-19(25(20,4)5)12-16(3)26(22(18)29)13-15(2)21(28)27(26,31)23(14)32-24(30)17-9-7-6-8-10-17/h6-11,13,16,18-21,23,28,31H,12H2,1-5H3. The summed E-state index contributed by atoms with van der Waals surface area (Å²) in [4.78, 5) is 27.3. The van der Waals surface area contributed by atoms with Crippen LogP contribution in [0.5, 0.6) is 0 Å². The molecule has 0 aromatic heterocycles. The maximum atomic E-state index is 14.2. The third-order valence-electron chi connectivity index (χ3n) is 9.08. The Balaban J connectivity index is 1.68. The fourth-order valence-corrected chi connectivity index (χ4v) is 7.32. The van der Waals surface area contributed by atoms with E-state index in [9.17, 15) is 19.8 Å². The molecule has 1 aromatic rings. The zero-order valence-electron chi connectivity index (χ0n) is 19.3. The SMILES string of the molecule is CC1=CC23C(=O)C(C=C(C)C(OC(=O)c4ccccc4)C2(O)C1O)C1C(CC3C)C1(C)C. The first-order valence-corrected chi connectivity index (χ1v) is 11.6. The average molecular weight is 437 g/mol. The number of aliphatic hydroxyl groups excluding tert-OH is 1. The normalized spacial score (nSPS) is 43.8. The van der Waals surface area contributed by atoms with E-state index in [1.165, 1.54) is 0 Å². The van der Waals surface area contributed by atoms with Crippen molar-refractivity contribution in [2.45, 2.75) is 58.8 Å². The predicted molar refractivity (Wildman–Crippen MR) is 120 cm³/mol. The van der Waals surface area contributed by atoms with Crippen LogP contribution in [0.1, 0.15) is 51.4 Å². The van der Waals surface area contributed by atoms with Crippen molar-refractivity contribution in [2.75, 3.05) is 0 Å². The van der Waals surface area contributed by atoms with E-state index in [0.29, 0.717) is 22.6 Å². The summed E-state index contributed by atoms with van der Waals surface area (Å²) in [5, 5.41) is 23.6. The summed E-state index contributed by atoms with van der Waals surface area (Å²) in [5.74, 6) is -0.647. The van der Waals surface area contributed by atoms with Crippen LogP contribution in [0.4, 0.5) is 0 Å². The number of Topliss-reactive ketones (excluding diaryl/α,β-unsaturated/α-hetero) is 1. The molecule has 2 N–H and O–H groups in total. The van der Waals surface area contributed by atoms with Gasteiger partial charge in [0.2, 0.25) is 0 Å². The van der Waals surface area contributed by atoms with Crippen LogP contribution in [0, 0.1) is 34.5 Å². The van der Waals surface area contributed by atoms with E-state index in [1.54, 1.807) is 44.2 Å². The summed E-state index contributed by atoms with van der Waals surface area (Å²) < 4.78 is 5.94. The molecule has 0 saturated heterocycles. The van der Waals surface area contributed by atoms with Crippen molar-refractivity contribution in [1.29, 1.82) is 0 Å². The second kappa shape index (κ2) is 6.64. The van der Waals surface area contributed by atoms with Gasteiger partial charge in [0.15, 0.2) is 17.5 Å². The highest BCUT2D eigenvalue weighted by Crippen LogP contribution is 2.71. The molecule has 2 bridgehead atoms. The van der Waals surface area contributed by atoms with Gasteiger partial charge < -0.3 is 14.9 Å². The van der Waals surface area contributed by atoms with Crippen LogP contribution >= 0.6 is 0 Å². The monoisotopic (exact) mass is 436 g/mol. The van der Waals surface area contributed by atoms with Gasteiger partial charge in [-0.15, -0.1) is 0 Å². The quantitative estimate of drug-likeness (QED) is 0.546. The van der Waals surface area contributed by atoms with Crippen molar-refractivity contribution >= 4 is 11.8 Å². The summed E-state index contributed by atoms with van der Waals surface area (Å²) in [6.45, 7) is 9.95. The molecule has 5 rings (SSSR count). The summed E-state index contributed by atoms with van der Waals surface area (Å²) in [5.41, 5.74) is -1.68. The molecule has 4 aliphatic carbocycles. The van der Waals surface area contributed by atoms with Gasteiger partial charge in [-0.25, -0.2) is 4.79 Å². The van der Waals surface area contributed by atoms with Gasteiger partial charge in [-0.05, 0) is 66.7 Å². The molecule has 32 heavy (non-hydrogen) atoms. The Morgan fingerprint density at radius 2 is 1.78 bits per heavy atom. The van der Waals surface area contributed by atoms with Crippen LogP contribution in [0.25, 0.3) is 0 Å². The molecular weight excluding hydrogens is 404 g/mol. The minimum absolute atomic E-state index is 0.0433. The highest BCUT2D eigenvalue weighted by atomic mass is 16.6. The van der Waals surface area contributed by atoms with Crippen molar-refractivity contribution in [2.24, 2.45) is 34.5 Å². The van der Waals surface area contributed by atoms with Gasteiger partial charge in [-0.1, -0.05) is 51.1 Å². The number of allylic oxidation sites excluding steroid dienone is 1. The molecule has 5 heteroatoms. The molecule has 2 saturated carbocycles. The Kier molecular flexibility index (Phi) is 4.48. The number of rotatable bonds is 2. The second-order valence-corrected chi connectivity index (χ2v) is 11.0. The molecule has 8 unspecified atom stereocenters. The molecule has 0 aliphatic heterocycles. The lowest BCUT2D eigenvalue weighted by Crippen LogP contribution is -2.65. The summed E-state index contributed by atoms with van der Waals surface area (Å²) in [6.07, 6.45) is 2.04. The van der Waals surface area contributed by atoms with E-state index in [4.69, 9.17) is 4.74 Å². The van der Waals surface area contributed by atoms with Crippen molar-refractivity contribution < 1.29 is 24.5 Å². The fourth-order valence-electron chi connectivity index (χ4n) is 7.32. The number of carbonyl (C=O) groups excluding carboxylic acids is 2. The first kappa shape index (κ1) is 21.6. The maximum absolute atomic E-state index is 14.2. The molecule has 5 nitrogen and oxygen atoms in total. The third kappa shape index (κ3) is 2.47. The number of ether oxygens (including phenoxy) is 1. The molecule has 8 atom stereocenters. The van der Waals surface area contributed by atoms with Crippen LogP contribution in [0.15, 0.2) is 53.6 Å². The highest BCUT2D eigenvalue weighted by molar-refractivity contribution is 5.96. The van der Waals surface area contributed by atoms with E-state index >= 15 is 0 Å². The van der Waals surface area contributed by atoms with Gasteiger partial charge in [0.1, 0.15) is 6.10 Å². The number of fused-ring (bicyclic) bond motifs is 3. The molecule has 0 radical (unpaired) electrons. The molecule has 0 amide bonds. The number of ketones is 1. The number of esters is 1. The van der Waals surface area contributed by atoms with E-state index < -0.39 is 29.2 Å². The largest absolute Gasteiger partial charge is 0.451 e. The van der Waals surface area contributed by atoms with Crippen LogP contribution < -0.4 is 0 Å².